The Balaban J connectivity index is 3.79. The third-order valence-electron chi connectivity index (χ3n) is 2.72. The number of rotatable bonds is 9. The molecule has 18 heavy (non-hydrogen) atoms. The summed E-state index contributed by atoms with van der Waals surface area (Å²) in [6, 6.07) is 0. The second-order valence-electron chi connectivity index (χ2n) is 4.89. The molecule has 3 heteroatoms. The highest BCUT2D eigenvalue weighted by Crippen LogP contribution is 2.21. The van der Waals surface area contributed by atoms with Crippen LogP contribution >= 0.6 is 17.4 Å². The summed E-state index contributed by atoms with van der Waals surface area (Å²) in [6.07, 6.45) is 11.5. The predicted octanol–water partition coefficient (Wildman–Crippen LogP) is 5.81. The van der Waals surface area contributed by atoms with Crippen LogP contribution in [0.1, 0.15) is 53.4 Å². The van der Waals surface area contributed by atoms with Gasteiger partial charge in [-0.2, -0.15) is 0 Å². The average Bonchev–Trinajstić information content (AvgIpc) is 2.29. The third-order valence-corrected chi connectivity index (χ3v) is 3.55. The Bertz CT molecular complexity index is 300. The lowest BCUT2D eigenvalue weighted by Gasteiger charge is -2.01. The van der Waals surface area contributed by atoms with E-state index in [0.29, 0.717) is 8.50 Å². The first-order chi connectivity index (χ1) is 8.56. The molecule has 0 amide bonds. The number of allylic oxidation sites excluding steroid dienone is 5. The van der Waals surface area contributed by atoms with Crippen molar-refractivity contribution < 1.29 is 4.52 Å². The molecule has 0 bridgehead atoms. The van der Waals surface area contributed by atoms with E-state index in [2.05, 4.69) is 54.9 Å². The second-order valence-corrected chi connectivity index (χ2v) is 6.12. The first-order valence-corrected chi connectivity index (χ1v) is 9.30. The molecule has 0 saturated heterocycles. The molecule has 0 spiro atoms. The van der Waals surface area contributed by atoms with Gasteiger partial charge in [0.1, 0.15) is 0 Å². The Hall–Kier alpha value is 0.0400. The van der Waals surface area contributed by atoms with Crippen molar-refractivity contribution >= 4 is 17.4 Å². The molecular formula is C15H28OP2. The first kappa shape index (κ1) is 18.0. The predicted molar refractivity (Wildman–Crippen MR) is 89.4 cm³/mol. The zero-order valence-electron chi connectivity index (χ0n) is 12.3. The van der Waals surface area contributed by atoms with Gasteiger partial charge in [-0.25, -0.2) is 0 Å². The number of hydrogen-bond donors (Lipinski definition) is 0. The van der Waals surface area contributed by atoms with Gasteiger partial charge in [0.25, 0.3) is 0 Å². The van der Waals surface area contributed by atoms with Crippen LogP contribution in [0.3, 0.4) is 0 Å². The van der Waals surface area contributed by atoms with E-state index in [1.165, 1.54) is 29.6 Å². The van der Waals surface area contributed by atoms with Crippen LogP contribution in [-0.4, -0.2) is 6.61 Å². The maximum atomic E-state index is 5.30. The van der Waals surface area contributed by atoms with E-state index >= 15 is 0 Å². The molecule has 0 aliphatic heterocycles. The van der Waals surface area contributed by atoms with Gasteiger partial charge in [-0.15, -0.1) is 0 Å². The largest absolute Gasteiger partial charge is 0.354 e. The van der Waals surface area contributed by atoms with Crippen LogP contribution < -0.4 is 0 Å². The van der Waals surface area contributed by atoms with E-state index in [1.54, 1.807) is 0 Å². The fourth-order valence-electron chi connectivity index (χ4n) is 1.57. The molecule has 0 aromatic carbocycles. The molecule has 1 nitrogen and oxygen atoms in total. The lowest BCUT2D eigenvalue weighted by molar-refractivity contribution is 0.422. The first-order valence-electron chi connectivity index (χ1n) is 6.58. The minimum absolute atomic E-state index is 0.508. The lowest BCUT2D eigenvalue weighted by Crippen LogP contribution is -1.83. The third kappa shape index (κ3) is 12.5. The molecule has 0 aromatic heterocycles. The summed E-state index contributed by atoms with van der Waals surface area (Å²) in [5.74, 6) is 0. The fourth-order valence-corrected chi connectivity index (χ4v) is 2.04. The molecule has 0 rings (SSSR count). The maximum absolute atomic E-state index is 5.30. The zero-order valence-corrected chi connectivity index (χ0v) is 14.4. The van der Waals surface area contributed by atoms with E-state index in [9.17, 15) is 0 Å². The Morgan fingerprint density at radius 3 is 2.06 bits per heavy atom. The van der Waals surface area contributed by atoms with Crippen molar-refractivity contribution in [2.75, 3.05) is 6.61 Å². The summed E-state index contributed by atoms with van der Waals surface area (Å²) in [7, 11) is 3.10. The minimum atomic E-state index is 0.508. The van der Waals surface area contributed by atoms with Gasteiger partial charge in [0.2, 0.25) is 0 Å². The van der Waals surface area contributed by atoms with E-state index < -0.39 is 0 Å². The standard InChI is InChI=1S/C15H28OP2/c1-13(2)7-5-8-14(3)9-6-10-15(4)11-12-16-18-17/h7,9,11,18H,5-6,8,10,12,17H2,1-4H3/b14-9+,15-11+. The molecule has 104 valence electrons. The van der Waals surface area contributed by atoms with Crippen LogP contribution in [0.2, 0.25) is 0 Å². The average molecular weight is 286 g/mol. The number of hydrogen-bond acceptors (Lipinski definition) is 1. The zero-order chi connectivity index (χ0) is 13.8. The van der Waals surface area contributed by atoms with Crippen molar-refractivity contribution in [2.24, 2.45) is 0 Å². The van der Waals surface area contributed by atoms with Crippen LogP contribution in [0.15, 0.2) is 34.9 Å². The summed E-state index contributed by atoms with van der Waals surface area (Å²) in [5, 5.41) is 0. The van der Waals surface area contributed by atoms with Crippen molar-refractivity contribution in [3.63, 3.8) is 0 Å². The highest BCUT2D eigenvalue weighted by atomic mass is 32.0. The Morgan fingerprint density at radius 1 is 0.944 bits per heavy atom. The van der Waals surface area contributed by atoms with Gasteiger partial charge in [0, 0.05) is 8.50 Å². The Labute approximate surface area is 117 Å². The van der Waals surface area contributed by atoms with E-state index in [1.807, 2.05) is 0 Å². The van der Waals surface area contributed by atoms with Gasteiger partial charge in [-0.05, 0) is 53.4 Å². The van der Waals surface area contributed by atoms with E-state index in [-0.39, 0.29) is 0 Å². The lowest BCUT2D eigenvalue weighted by atomic mass is 10.1. The van der Waals surface area contributed by atoms with Crippen LogP contribution in [0, 0.1) is 0 Å². The van der Waals surface area contributed by atoms with Gasteiger partial charge in [0.05, 0.1) is 6.61 Å². The second kappa shape index (κ2) is 12.1. The molecule has 0 radical (unpaired) electrons. The van der Waals surface area contributed by atoms with Gasteiger partial charge >= 0.3 is 0 Å². The van der Waals surface area contributed by atoms with Crippen LogP contribution in [0.25, 0.3) is 0 Å². The SMILES string of the molecule is CC(C)=CCC/C(C)=C/CC/C(C)=C/COPP. The van der Waals surface area contributed by atoms with Gasteiger partial charge in [-0.3, -0.25) is 0 Å². The Kier molecular flexibility index (Phi) is 12.1. The van der Waals surface area contributed by atoms with Crippen molar-refractivity contribution in [2.45, 2.75) is 53.4 Å². The summed E-state index contributed by atoms with van der Waals surface area (Å²) < 4.78 is 5.30. The van der Waals surface area contributed by atoms with Crippen molar-refractivity contribution in [3.05, 3.63) is 34.9 Å². The molecule has 0 aliphatic carbocycles. The molecule has 0 heterocycles. The fraction of sp³-hybridized carbons (Fsp3) is 0.600. The molecule has 0 N–H and O–H groups in total. The van der Waals surface area contributed by atoms with Crippen molar-refractivity contribution in [1.29, 1.82) is 0 Å². The highest BCUT2D eigenvalue weighted by Gasteiger charge is 1.91. The quantitative estimate of drug-likeness (QED) is 0.295. The molecule has 0 aliphatic rings. The molecule has 0 saturated carbocycles. The van der Waals surface area contributed by atoms with Crippen molar-refractivity contribution in [1.82, 2.24) is 0 Å². The van der Waals surface area contributed by atoms with E-state index in [0.717, 1.165) is 19.4 Å². The summed E-state index contributed by atoms with van der Waals surface area (Å²) in [5.41, 5.74) is 4.34. The molecule has 0 aromatic rings. The highest BCUT2D eigenvalue weighted by molar-refractivity contribution is 8.00. The smallest absolute Gasteiger partial charge is 0.0693 e. The summed E-state index contributed by atoms with van der Waals surface area (Å²) in [6.45, 7) is 9.48. The van der Waals surface area contributed by atoms with Crippen LogP contribution in [0.4, 0.5) is 0 Å². The molecular weight excluding hydrogens is 258 g/mol. The molecule has 2 unspecified atom stereocenters. The molecule has 0 fully saturated rings. The minimum Gasteiger partial charge on any atom is -0.354 e. The summed E-state index contributed by atoms with van der Waals surface area (Å²) in [4.78, 5) is 0. The summed E-state index contributed by atoms with van der Waals surface area (Å²) >= 11 is 0. The van der Waals surface area contributed by atoms with Crippen LogP contribution in [-0.2, 0) is 4.52 Å². The molecule has 2 atom stereocenters. The van der Waals surface area contributed by atoms with Gasteiger partial charge in [0.15, 0.2) is 0 Å². The van der Waals surface area contributed by atoms with Crippen molar-refractivity contribution in [3.8, 4) is 0 Å². The van der Waals surface area contributed by atoms with Gasteiger partial charge in [-0.1, -0.05) is 43.9 Å². The monoisotopic (exact) mass is 286 g/mol. The Morgan fingerprint density at radius 2 is 1.50 bits per heavy atom. The topological polar surface area (TPSA) is 9.23 Å². The normalized spacial score (nSPS) is 13.4. The van der Waals surface area contributed by atoms with Crippen LogP contribution in [0.5, 0.6) is 0 Å². The van der Waals surface area contributed by atoms with Gasteiger partial charge < -0.3 is 4.52 Å². The van der Waals surface area contributed by atoms with E-state index in [4.69, 9.17) is 4.52 Å². The maximum Gasteiger partial charge on any atom is 0.0693 e.